The van der Waals surface area contributed by atoms with E-state index >= 15 is 0 Å². The molecule has 2 rings (SSSR count). The molecule has 1 aromatic carbocycles. The highest BCUT2D eigenvalue weighted by Gasteiger charge is 2.32. The number of benzene rings is 1. The van der Waals surface area contributed by atoms with Gasteiger partial charge in [0.2, 0.25) is 5.91 Å². The van der Waals surface area contributed by atoms with Gasteiger partial charge in [-0.3, -0.25) is 4.79 Å². The lowest BCUT2D eigenvalue weighted by Gasteiger charge is -2.38. The zero-order valence-electron chi connectivity index (χ0n) is 11.7. The summed E-state index contributed by atoms with van der Waals surface area (Å²) in [6, 6.07) is 7.71. The van der Waals surface area contributed by atoms with E-state index in [1.54, 1.807) is 0 Å². The first-order chi connectivity index (χ1) is 8.98. The molecule has 2 N–H and O–H groups in total. The van der Waals surface area contributed by atoms with Gasteiger partial charge in [-0.05, 0) is 31.2 Å². The Balaban J connectivity index is 1.81. The molecule has 1 saturated heterocycles. The number of amides is 1. The summed E-state index contributed by atoms with van der Waals surface area (Å²) < 4.78 is 5.58. The molecular formula is C14H21N3O2. The molecule has 1 fully saturated rings. The van der Waals surface area contributed by atoms with Gasteiger partial charge in [-0.1, -0.05) is 0 Å². The lowest BCUT2D eigenvalue weighted by Crippen LogP contribution is -2.59. The molecule has 0 unspecified atom stereocenters. The van der Waals surface area contributed by atoms with Gasteiger partial charge in [-0.25, -0.2) is 0 Å². The predicted octanol–water partition coefficient (Wildman–Crippen LogP) is 1.07. The Morgan fingerprint density at radius 1 is 1.37 bits per heavy atom. The molecule has 5 heteroatoms. The summed E-state index contributed by atoms with van der Waals surface area (Å²) in [6.07, 6.45) is 0. The fourth-order valence-electron chi connectivity index (χ4n) is 1.86. The van der Waals surface area contributed by atoms with Gasteiger partial charge in [0.05, 0.1) is 5.60 Å². The average molecular weight is 263 g/mol. The Labute approximate surface area is 113 Å². The van der Waals surface area contributed by atoms with Crippen molar-refractivity contribution in [3.05, 3.63) is 24.3 Å². The van der Waals surface area contributed by atoms with Crippen LogP contribution in [0.15, 0.2) is 24.3 Å². The molecule has 0 spiro atoms. The largest absolute Gasteiger partial charge is 0.378 e. The second-order valence-electron chi connectivity index (χ2n) is 5.33. The molecule has 0 bridgehead atoms. The molecule has 0 radical (unpaired) electrons. The third-order valence-corrected chi connectivity index (χ3v) is 3.22. The minimum Gasteiger partial charge on any atom is -0.378 e. The van der Waals surface area contributed by atoms with Crippen LogP contribution in [0.1, 0.15) is 6.92 Å². The van der Waals surface area contributed by atoms with Crippen molar-refractivity contribution in [3.8, 4) is 0 Å². The second kappa shape index (κ2) is 5.59. The Kier molecular flexibility index (Phi) is 4.07. The second-order valence-corrected chi connectivity index (χ2v) is 5.33. The summed E-state index contributed by atoms with van der Waals surface area (Å²) in [6.45, 7) is 3.70. The van der Waals surface area contributed by atoms with E-state index in [0.717, 1.165) is 24.5 Å². The lowest BCUT2D eigenvalue weighted by atomic mass is 10.0. The maximum absolute atomic E-state index is 11.8. The Morgan fingerprint density at radius 3 is 2.47 bits per heavy atom. The molecule has 1 aliphatic rings. The first-order valence-corrected chi connectivity index (χ1v) is 6.40. The maximum Gasteiger partial charge on any atom is 0.250 e. The number of nitrogens with one attached hydrogen (secondary N) is 2. The molecule has 19 heavy (non-hydrogen) atoms. The number of rotatable bonds is 5. The fraction of sp³-hybridized carbons (Fsp3) is 0.500. The third kappa shape index (κ3) is 3.68. The topological polar surface area (TPSA) is 53.6 Å². The van der Waals surface area contributed by atoms with E-state index in [2.05, 4.69) is 10.6 Å². The van der Waals surface area contributed by atoms with E-state index in [-0.39, 0.29) is 18.1 Å². The van der Waals surface area contributed by atoms with E-state index < -0.39 is 0 Å². The van der Waals surface area contributed by atoms with E-state index in [1.807, 2.05) is 50.2 Å². The first-order valence-electron chi connectivity index (χ1n) is 6.40. The van der Waals surface area contributed by atoms with Crippen LogP contribution in [0, 0.1) is 0 Å². The molecule has 0 atom stereocenters. The Bertz CT molecular complexity index is 439. The number of hydrogen-bond acceptors (Lipinski definition) is 4. The van der Waals surface area contributed by atoms with Crippen molar-refractivity contribution in [2.75, 3.05) is 44.0 Å². The number of carbonyl (C=O) groups is 1. The number of carbonyl (C=O) groups excluding carboxylic acids is 1. The van der Waals surface area contributed by atoms with Crippen LogP contribution in [0.4, 0.5) is 11.4 Å². The van der Waals surface area contributed by atoms with Crippen molar-refractivity contribution >= 4 is 17.3 Å². The standard InChI is InChI=1S/C14H21N3O2/c1-14(9-15-10-14)19-8-13(18)16-11-4-6-12(7-5-11)17(2)3/h4-7,15H,8-10H2,1-3H3,(H,16,18). The summed E-state index contributed by atoms with van der Waals surface area (Å²) in [5.41, 5.74) is 1.70. The maximum atomic E-state index is 11.8. The van der Waals surface area contributed by atoms with Crippen LogP contribution in [0.2, 0.25) is 0 Å². The van der Waals surface area contributed by atoms with Gasteiger partial charge in [0.15, 0.2) is 0 Å². The molecule has 1 amide bonds. The molecule has 5 nitrogen and oxygen atoms in total. The van der Waals surface area contributed by atoms with Gasteiger partial charge in [0, 0.05) is 38.6 Å². The lowest BCUT2D eigenvalue weighted by molar-refractivity contribution is -0.130. The summed E-state index contributed by atoms with van der Waals surface area (Å²) in [5.74, 6) is -0.120. The first kappa shape index (κ1) is 13.8. The van der Waals surface area contributed by atoms with Crippen LogP contribution in [0.3, 0.4) is 0 Å². The summed E-state index contributed by atoms with van der Waals surface area (Å²) >= 11 is 0. The van der Waals surface area contributed by atoms with Gasteiger partial charge >= 0.3 is 0 Å². The van der Waals surface area contributed by atoms with E-state index in [1.165, 1.54) is 0 Å². The fourth-order valence-corrected chi connectivity index (χ4v) is 1.86. The highest BCUT2D eigenvalue weighted by molar-refractivity contribution is 5.91. The van der Waals surface area contributed by atoms with Crippen molar-refractivity contribution in [2.24, 2.45) is 0 Å². The molecular weight excluding hydrogens is 242 g/mol. The molecule has 1 aromatic rings. The van der Waals surface area contributed by atoms with Crippen molar-refractivity contribution < 1.29 is 9.53 Å². The van der Waals surface area contributed by atoms with Crippen LogP contribution < -0.4 is 15.5 Å². The minimum atomic E-state index is -0.188. The van der Waals surface area contributed by atoms with Crippen LogP contribution in [-0.4, -0.2) is 45.3 Å². The minimum absolute atomic E-state index is 0.0909. The molecule has 1 aliphatic heterocycles. The van der Waals surface area contributed by atoms with E-state index in [9.17, 15) is 4.79 Å². The number of anilines is 2. The number of nitrogens with zero attached hydrogens (tertiary/aromatic N) is 1. The predicted molar refractivity (Wildman–Crippen MR) is 76.6 cm³/mol. The molecule has 1 heterocycles. The number of ether oxygens (including phenoxy) is 1. The molecule has 0 aliphatic carbocycles. The summed E-state index contributed by atoms with van der Waals surface area (Å²) in [7, 11) is 3.96. The van der Waals surface area contributed by atoms with Gasteiger partial charge in [-0.2, -0.15) is 0 Å². The van der Waals surface area contributed by atoms with Crippen molar-refractivity contribution in [1.82, 2.24) is 5.32 Å². The van der Waals surface area contributed by atoms with E-state index in [4.69, 9.17) is 4.74 Å². The molecule has 0 saturated carbocycles. The van der Waals surface area contributed by atoms with Crippen molar-refractivity contribution in [3.63, 3.8) is 0 Å². The SMILES string of the molecule is CN(C)c1ccc(NC(=O)COC2(C)CNC2)cc1. The Morgan fingerprint density at radius 2 is 2.00 bits per heavy atom. The van der Waals surface area contributed by atoms with Gasteiger partial charge in [-0.15, -0.1) is 0 Å². The van der Waals surface area contributed by atoms with Crippen LogP contribution in [-0.2, 0) is 9.53 Å². The highest BCUT2D eigenvalue weighted by atomic mass is 16.5. The summed E-state index contributed by atoms with van der Waals surface area (Å²) in [5, 5.41) is 5.96. The summed E-state index contributed by atoms with van der Waals surface area (Å²) in [4.78, 5) is 13.8. The van der Waals surface area contributed by atoms with Crippen LogP contribution >= 0.6 is 0 Å². The zero-order chi connectivity index (χ0) is 13.9. The van der Waals surface area contributed by atoms with Crippen molar-refractivity contribution in [1.29, 1.82) is 0 Å². The van der Waals surface area contributed by atoms with E-state index in [0.29, 0.717) is 0 Å². The van der Waals surface area contributed by atoms with Gasteiger partial charge in [0.1, 0.15) is 6.61 Å². The van der Waals surface area contributed by atoms with Gasteiger partial charge in [0.25, 0.3) is 0 Å². The normalized spacial score (nSPS) is 16.6. The van der Waals surface area contributed by atoms with Crippen LogP contribution in [0.25, 0.3) is 0 Å². The number of hydrogen-bond donors (Lipinski definition) is 2. The monoisotopic (exact) mass is 263 g/mol. The Hall–Kier alpha value is -1.59. The van der Waals surface area contributed by atoms with Crippen LogP contribution in [0.5, 0.6) is 0 Å². The zero-order valence-corrected chi connectivity index (χ0v) is 11.7. The highest BCUT2D eigenvalue weighted by Crippen LogP contribution is 2.17. The smallest absolute Gasteiger partial charge is 0.250 e. The molecule has 104 valence electrons. The quantitative estimate of drug-likeness (QED) is 0.834. The molecule has 0 aromatic heterocycles. The van der Waals surface area contributed by atoms with Crippen molar-refractivity contribution in [2.45, 2.75) is 12.5 Å². The average Bonchev–Trinajstić information content (AvgIpc) is 2.35. The van der Waals surface area contributed by atoms with Gasteiger partial charge < -0.3 is 20.3 Å². The third-order valence-electron chi connectivity index (χ3n) is 3.22.